The van der Waals surface area contributed by atoms with Crippen LogP contribution in [0.25, 0.3) is 0 Å². The number of tetrazole rings is 1. The summed E-state index contributed by atoms with van der Waals surface area (Å²) in [5.41, 5.74) is -0.0772. The van der Waals surface area contributed by atoms with Gasteiger partial charge in [0.1, 0.15) is 0 Å². The second-order valence-corrected chi connectivity index (χ2v) is 4.44. The van der Waals surface area contributed by atoms with Crippen molar-refractivity contribution < 1.29 is 0 Å². The van der Waals surface area contributed by atoms with E-state index in [-0.39, 0.29) is 5.54 Å². The third-order valence-corrected chi connectivity index (χ3v) is 1.93. The van der Waals surface area contributed by atoms with E-state index < -0.39 is 0 Å². The Labute approximate surface area is 84.1 Å². The van der Waals surface area contributed by atoms with Crippen molar-refractivity contribution in [3.63, 3.8) is 0 Å². The molecule has 5 heteroatoms. The molecule has 0 aliphatic rings. The van der Waals surface area contributed by atoms with Crippen molar-refractivity contribution in [2.75, 3.05) is 5.75 Å². The third-order valence-electron chi connectivity index (χ3n) is 1.61. The zero-order valence-electron chi connectivity index (χ0n) is 8.36. The van der Waals surface area contributed by atoms with Gasteiger partial charge in [-0.3, -0.25) is 0 Å². The van der Waals surface area contributed by atoms with Crippen LogP contribution in [-0.2, 0) is 12.0 Å². The highest BCUT2D eigenvalue weighted by Gasteiger charge is 2.16. The lowest BCUT2D eigenvalue weighted by Gasteiger charge is -2.15. The van der Waals surface area contributed by atoms with Crippen LogP contribution < -0.4 is 0 Å². The predicted molar refractivity (Wildman–Crippen MR) is 55.0 cm³/mol. The average Bonchev–Trinajstić information content (AvgIpc) is 2.47. The van der Waals surface area contributed by atoms with Crippen LogP contribution in [0, 0.1) is 0 Å². The van der Waals surface area contributed by atoms with E-state index in [1.54, 1.807) is 4.80 Å². The molecule has 0 N–H and O–H groups in total. The van der Waals surface area contributed by atoms with E-state index in [0.29, 0.717) is 0 Å². The van der Waals surface area contributed by atoms with Crippen LogP contribution in [0.15, 0.2) is 0 Å². The molecule has 0 saturated carbocycles. The van der Waals surface area contributed by atoms with Gasteiger partial charge in [0.2, 0.25) is 0 Å². The Balaban J connectivity index is 2.64. The van der Waals surface area contributed by atoms with Crippen LogP contribution in [0.2, 0.25) is 0 Å². The van der Waals surface area contributed by atoms with Crippen LogP contribution in [-0.4, -0.2) is 26.0 Å². The van der Waals surface area contributed by atoms with Gasteiger partial charge >= 0.3 is 0 Å². The Kier molecular flexibility index (Phi) is 3.30. The first kappa shape index (κ1) is 10.5. The number of rotatable bonds is 3. The van der Waals surface area contributed by atoms with E-state index in [1.165, 1.54) is 0 Å². The van der Waals surface area contributed by atoms with Gasteiger partial charge < -0.3 is 0 Å². The predicted octanol–water partition coefficient (Wildman–Crippen LogP) is 1.29. The lowest BCUT2D eigenvalue weighted by molar-refractivity contribution is 0.305. The normalized spacial score (nSPS) is 12.0. The number of nitrogens with zero attached hydrogens (tertiary/aromatic N) is 4. The zero-order valence-corrected chi connectivity index (χ0v) is 9.25. The average molecular weight is 200 g/mol. The molecule has 0 bridgehead atoms. The van der Waals surface area contributed by atoms with Gasteiger partial charge in [-0.2, -0.15) is 17.4 Å². The maximum absolute atomic E-state index is 4.28. The van der Waals surface area contributed by atoms with Crippen LogP contribution in [0.4, 0.5) is 0 Å². The SMILES string of the molecule is CC(C)(C)n1nnc(CCCS)n1. The summed E-state index contributed by atoms with van der Waals surface area (Å²) in [6.07, 6.45) is 1.86. The molecule has 1 rings (SSSR count). The summed E-state index contributed by atoms with van der Waals surface area (Å²) in [5.74, 6) is 1.67. The number of hydrogen-bond acceptors (Lipinski definition) is 4. The Morgan fingerprint density at radius 1 is 1.38 bits per heavy atom. The highest BCUT2D eigenvalue weighted by Crippen LogP contribution is 2.09. The van der Waals surface area contributed by atoms with Crippen molar-refractivity contribution in [3.8, 4) is 0 Å². The van der Waals surface area contributed by atoms with Gasteiger partial charge in [0.25, 0.3) is 0 Å². The monoisotopic (exact) mass is 200 g/mol. The highest BCUT2D eigenvalue weighted by atomic mass is 32.1. The topological polar surface area (TPSA) is 43.6 Å². The largest absolute Gasteiger partial charge is 0.179 e. The molecular formula is C8H16N4S. The molecule has 0 amide bonds. The van der Waals surface area contributed by atoms with Crippen molar-refractivity contribution in [1.82, 2.24) is 20.2 Å². The van der Waals surface area contributed by atoms with Crippen molar-refractivity contribution >= 4 is 12.6 Å². The van der Waals surface area contributed by atoms with Gasteiger partial charge in [-0.25, -0.2) is 0 Å². The van der Waals surface area contributed by atoms with Crippen molar-refractivity contribution in [1.29, 1.82) is 0 Å². The third kappa shape index (κ3) is 2.99. The van der Waals surface area contributed by atoms with E-state index in [9.17, 15) is 0 Å². The van der Waals surface area contributed by atoms with Crippen LogP contribution in [0.1, 0.15) is 33.0 Å². The highest BCUT2D eigenvalue weighted by molar-refractivity contribution is 7.80. The van der Waals surface area contributed by atoms with E-state index >= 15 is 0 Å². The van der Waals surface area contributed by atoms with Crippen molar-refractivity contribution in [2.24, 2.45) is 0 Å². The van der Waals surface area contributed by atoms with E-state index in [2.05, 4.69) is 48.8 Å². The summed E-state index contributed by atoms with van der Waals surface area (Å²) in [5, 5.41) is 12.2. The summed E-state index contributed by atoms with van der Waals surface area (Å²) in [6.45, 7) is 6.16. The molecule has 1 aromatic rings. The summed E-state index contributed by atoms with van der Waals surface area (Å²) in [7, 11) is 0. The molecule has 0 saturated heterocycles. The summed E-state index contributed by atoms with van der Waals surface area (Å²) in [6, 6.07) is 0. The fourth-order valence-corrected chi connectivity index (χ4v) is 1.02. The van der Waals surface area contributed by atoms with Gasteiger partial charge in [0, 0.05) is 6.42 Å². The summed E-state index contributed by atoms with van der Waals surface area (Å²) in [4.78, 5) is 1.65. The Bertz CT molecular complexity index is 263. The molecule has 1 aromatic heterocycles. The van der Waals surface area contributed by atoms with E-state index in [4.69, 9.17) is 0 Å². The minimum absolute atomic E-state index is 0.0772. The molecule has 13 heavy (non-hydrogen) atoms. The van der Waals surface area contributed by atoms with Crippen LogP contribution in [0.5, 0.6) is 0 Å². The van der Waals surface area contributed by atoms with Gasteiger partial charge in [0.15, 0.2) is 5.82 Å². The molecule has 4 nitrogen and oxygen atoms in total. The van der Waals surface area contributed by atoms with Gasteiger partial charge in [-0.05, 0) is 38.2 Å². The fraction of sp³-hybridized carbons (Fsp3) is 0.875. The molecule has 74 valence electrons. The lowest BCUT2D eigenvalue weighted by atomic mass is 10.1. The molecule has 0 aliphatic heterocycles. The zero-order chi connectivity index (χ0) is 9.90. The molecule has 0 unspecified atom stereocenters. The van der Waals surface area contributed by atoms with Gasteiger partial charge in [-0.15, -0.1) is 10.2 Å². The minimum Gasteiger partial charge on any atom is -0.179 e. The number of aromatic nitrogens is 4. The molecular weight excluding hydrogens is 184 g/mol. The van der Waals surface area contributed by atoms with Crippen molar-refractivity contribution in [3.05, 3.63) is 5.82 Å². The molecule has 0 atom stereocenters. The summed E-state index contributed by atoms with van der Waals surface area (Å²) < 4.78 is 0. The Morgan fingerprint density at radius 3 is 2.54 bits per heavy atom. The number of aryl methyl sites for hydroxylation is 1. The first-order valence-corrected chi connectivity index (χ1v) is 5.07. The summed E-state index contributed by atoms with van der Waals surface area (Å²) >= 11 is 4.13. The smallest absolute Gasteiger partial charge is 0.174 e. The first-order chi connectivity index (χ1) is 6.04. The van der Waals surface area contributed by atoms with E-state index in [0.717, 1.165) is 24.4 Å². The quantitative estimate of drug-likeness (QED) is 0.748. The van der Waals surface area contributed by atoms with Crippen LogP contribution in [0.3, 0.4) is 0 Å². The van der Waals surface area contributed by atoms with Crippen molar-refractivity contribution in [2.45, 2.75) is 39.2 Å². The second kappa shape index (κ2) is 4.09. The maximum Gasteiger partial charge on any atom is 0.174 e. The van der Waals surface area contributed by atoms with E-state index in [1.807, 2.05) is 0 Å². The fourth-order valence-electron chi connectivity index (χ4n) is 0.865. The number of hydrogen-bond donors (Lipinski definition) is 1. The molecule has 0 aromatic carbocycles. The molecule has 0 aliphatic carbocycles. The molecule has 1 heterocycles. The second-order valence-electron chi connectivity index (χ2n) is 3.99. The maximum atomic E-state index is 4.28. The number of thiol groups is 1. The molecule has 0 spiro atoms. The molecule has 0 fully saturated rings. The standard InChI is InChI=1S/C8H16N4S/c1-8(2,3)12-10-7(9-11-12)5-4-6-13/h13H,4-6H2,1-3H3. The van der Waals surface area contributed by atoms with Gasteiger partial charge in [-0.1, -0.05) is 0 Å². The lowest BCUT2D eigenvalue weighted by Crippen LogP contribution is -2.24. The Hall–Kier alpha value is -0.580. The molecule has 0 radical (unpaired) electrons. The van der Waals surface area contributed by atoms with Gasteiger partial charge in [0.05, 0.1) is 5.54 Å². The first-order valence-electron chi connectivity index (χ1n) is 4.44. The minimum atomic E-state index is -0.0772. The Morgan fingerprint density at radius 2 is 2.08 bits per heavy atom. The van der Waals surface area contributed by atoms with Crippen LogP contribution >= 0.6 is 12.6 Å².